The van der Waals surface area contributed by atoms with E-state index in [1.54, 1.807) is 24.5 Å². The van der Waals surface area contributed by atoms with E-state index in [0.29, 0.717) is 11.3 Å². The van der Waals surface area contributed by atoms with Gasteiger partial charge in [0.05, 0.1) is 11.7 Å². The number of benzene rings is 2. The van der Waals surface area contributed by atoms with E-state index in [1.165, 1.54) is 12.1 Å². The number of aromatic nitrogens is 1. The van der Waals surface area contributed by atoms with Crippen molar-refractivity contribution < 1.29 is 19.8 Å². The summed E-state index contributed by atoms with van der Waals surface area (Å²) >= 11 is 0. The number of carboxylic acids is 1. The Bertz CT molecular complexity index is 1110. The number of hydrogen-bond acceptors (Lipinski definition) is 4. The van der Waals surface area contributed by atoms with Gasteiger partial charge in [0.2, 0.25) is 0 Å². The van der Waals surface area contributed by atoms with Gasteiger partial charge in [0.25, 0.3) is 0 Å². The highest BCUT2D eigenvalue weighted by molar-refractivity contribution is 6.03. The summed E-state index contributed by atoms with van der Waals surface area (Å²) in [5, 5.41) is 25.1. The smallest absolute Gasteiger partial charge is 0.339 e. The zero-order valence-electron chi connectivity index (χ0n) is 15.2. The van der Waals surface area contributed by atoms with Gasteiger partial charge in [0.1, 0.15) is 11.3 Å². The van der Waals surface area contributed by atoms with Crippen LogP contribution in [-0.4, -0.2) is 27.2 Å². The molecule has 1 aliphatic heterocycles. The number of amides is 2. The lowest BCUT2D eigenvalue weighted by atomic mass is 9.88. The van der Waals surface area contributed by atoms with Gasteiger partial charge in [0, 0.05) is 23.5 Å². The maximum Gasteiger partial charge on any atom is 0.339 e. The van der Waals surface area contributed by atoms with E-state index >= 15 is 0 Å². The molecule has 1 unspecified atom stereocenters. The topological polar surface area (TPSA) is 112 Å². The highest BCUT2D eigenvalue weighted by atomic mass is 16.4. The van der Waals surface area contributed by atoms with Crippen molar-refractivity contribution in [1.29, 1.82) is 0 Å². The summed E-state index contributed by atoms with van der Waals surface area (Å²) in [6.45, 7) is 0. The molecular weight excluding hydrogens is 370 g/mol. The summed E-state index contributed by atoms with van der Waals surface area (Å²) < 4.78 is 0. The van der Waals surface area contributed by atoms with Crippen molar-refractivity contribution in [2.45, 2.75) is 6.04 Å². The summed E-state index contributed by atoms with van der Waals surface area (Å²) in [5.74, 6) is -1.59. The molecule has 144 valence electrons. The van der Waals surface area contributed by atoms with Crippen LogP contribution in [0.3, 0.4) is 0 Å². The van der Waals surface area contributed by atoms with E-state index in [1.807, 2.05) is 36.4 Å². The Labute approximate surface area is 166 Å². The average Bonchev–Trinajstić information content (AvgIpc) is 2.74. The second kappa shape index (κ2) is 7.47. The minimum absolute atomic E-state index is 0.202. The van der Waals surface area contributed by atoms with Crippen molar-refractivity contribution in [2.75, 3.05) is 0 Å². The third kappa shape index (κ3) is 3.53. The number of nitrogens with one attached hydrogen (secondary N) is 2. The summed E-state index contributed by atoms with van der Waals surface area (Å²) in [5.41, 5.74) is 3.33. The van der Waals surface area contributed by atoms with Crippen LogP contribution in [0.2, 0.25) is 0 Å². The van der Waals surface area contributed by atoms with Crippen molar-refractivity contribution in [1.82, 2.24) is 15.6 Å². The molecular formula is C22H17N3O4. The van der Waals surface area contributed by atoms with Crippen molar-refractivity contribution >= 4 is 23.3 Å². The summed E-state index contributed by atoms with van der Waals surface area (Å²) in [6.07, 6.45) is 3.31. The van der Waals surface area contributed by atoms with Crippen LogP contribution in [-0.2, 0) is 0 Å². The lowest BCUT2D eigenvalue weighted by molar-refractivity contribution is 0.0693. The van der Waals surface area contributed by atoms with Crippen molar-refractivity contribution in [3.63, 3.8) is 0 Å². The minimum Gasteiger partial charge on any atom is -0.507 e. The van der Waals surface area contributed by atoms with Crippen molar-refractivity contribution in [3.8, 4) is 5.75 Å². The molecule has 0 aliphatic carbocycles. The van der Waals surface area contributed by atoms with Crippen molar-refractivity contribution in [2.24, 2.45) is 0 Å². The summed E-state index contributed by atoms with van der Waals surface area (Å²) in [7, 11) is 0. The molecule has 2 aromatic carbocycles. The molecule has 0 saturated heterocycles. The summed E-state index contributed by atoms with van der Waals surface area (Å²) in [4.78, 5) is 27.8. The first-order chi connectivity index (χ1) is 14.0. The molecule has 1 aromatic heterocycles. The van der Waals surface area contributed by atoms with E-state index in [0.717, 1.165) is 16.7 Å². The van der Waals surface area contributed by atoms with Crippen LogP contribution in [0, 0.1) is 0 Å². The predicted octanol–water partition coefficient (Wildman–Crippen LogP) is 3.41. The van der Waals surface area contributed by atoms with E-state index in [-0.39, 0.29) is 11.3 Å². The zero-order valence-corrected chi connectivity index (χ0v) is 15.2. The molecule has 1 atom stereocenters. The monoisotopic (exact) mass is 387 g/mol. The molecule has 4 rings (SSSR count). The number of carbonyl (C=O) groups excluding carboxylic acids is 1. The Morgan fingerprint density at radius 1 is 1.00 bits per heavy atom. The molecule has 7 heteroatoms. The number of phenols is 1. The molecule has 0 fully saturated rings. The Morgan fingerprint density at radius 2 is 1.76 bits per heavy atom. The quantitative estimate of drug-likeness (QED) is 0.548. The Balaban J connectivity index is 1.93. The third-order valence-corrected chi connectivity index (χ3v) is 4.69. The minimum atomic E-state index is -1.22. The number of hydrogen-bond donors (Lipinski definition) is 4. The number of pyridine rings is 1. The van der Waals surface area contributed by atoms with Crippen LogP contribution in [0.1, 0.15) is 33.1 Å². The fraction of sp³-hybridized carbons (Fsp3) is 0.0455. The van der Waals surface area contributed by atoms with E-state index in [4.69, 9.17) is 0 Å². The van der Waals surface area contributed by atoms with Crippen LogP contribution in [0.15, 0.2) is 73.1 Å². The SMILES string of the molecule is O=C1NC(c2cccnc2)=C(c2ccccc2)C(c2ccc(C(=O)O)c(O)c2)N1. The lowest BCUT2D eigenvalue weighted by Crippen LogP contribution is -2.43. The standard InChI is InChI=1S/C22H17N3O4/c26-17-11-14(8-9-16(17)21(27)28)19-18(13-5-2-1-3-6-13)20(25-22(29)24-19)15-7-4-10-23-12-15/h1-12,19,26H,(H,27,28)(H2,24,25,29). The maximum absolute atomic E-state index is 12.4. The van der Waals surface area contributed by atoms with E-state index in [2.05, 4.69) is 15.6 Å². The maximum atomic E-state index is 12.4. The molecule has 0 saturated carbocycles. The third-order valence-electron chi connectivity index (χ3n) is 4.69. The van der Waals surface area contributed by atoms with Gasteiger partial charge in [-0.1, -0.05) is 36.4 Å². The molecule has 0 bridgehead atoms. The van der Waals surface area contributed by atoms with Gasteiger partial charge in [-0.05, 0) is 35.4 Å². The number of nitrogens with zero attached hydrogens (tertiary/aromatic N) is 1. The van der Waals surface area contributed by atoms with Gasteiger partial charge >= 0.3 is 12.0 Å². The van der Waals surface area contributed by atoms with Crippen molar-refractivity contribution in [3.05, 3.63) is 95.3 Å². The average molecular weight is 387 g/mol. The van der Waals surface area contributed by atoms with Crippen LogP contribution in [0.25, 0.3) is 11.3 Å². The number of aromatic hydroxyl groups is 1. The Kier molecular flexibility index (Phi) is 4.70. The summed E-state index contributed by atoms with van der Waals surface area (Å²) in [6, 6.07) is 16.4. The fourth-order valence-electron chi connectivity index (χ4n) is 3.39. The second-order valence-electron chi connectivity index (χ2n) is 6.51. The number of carboxylic acid groups (broad SMARTS) is 1. The number of aromatic carboxylic acids is 1. The highest BCUT2D eigenvalue weighted by Gasteiger charge is 2.30. The van der Waals surface area contributed by atoms with E-state index in [9.17, 15) is 19.8 Å². The molecule has 29 heavy (non-hydrogen) atoms. The molecule has 2 amide bonds. The first-order valence-electron chi connectivity index (χ1n) is 8.88. The zero-order chi connectivity index (χ0) is 20.4. The number of rotatable bonds is 4. The largest absolute Gasteiger partial charge is 0.507 e. The molecule has 2 heterocycles. The molecule has 7 nitrogen and oxygen atoms in total. The predicted molar refractivity (Wildman–Crippen MR) is 107 cm³/mol. The second-order valence-corrected chi connectivity index (χ2v) is 6.51. The molecule has 1 aliphatic rings. The Morgan fingerprint density at radius 3 is 2.41 bits per heavy atom. The van der Waals surface area contributed by atoms with Crippen LogP contribution in [0.4, 0.5) is 4.79 Å². The first kappa shape index (κ1) is 18.2. The highest BCUT2D eigenvalue weighted by Crippen LogP contribution is 2.38. The van der Waals surface area contributed by atoms with E-state index < -0.39 is 18.0 Å². The number of carbonyl (C=O) groups is 2. The molecule has 3 aromatic rings. The fourth-order valence-corrected chi connectivity index (χ4v) is 3.39. The van der Waals surface area contributed by atoms with Crippen LogP contribution in [0.5, 0.6) is 5.75 Å². The first-order valence-corrected chi connectivity index (χ1v) is 8.88. The van der Waals surface area contributed by atoms with Crippen LogP contribution >= 0.6 is 0 Å². The van der Waals surface area contributed by atoms with Crippen LogP contribution < -0.4 is 10.6 Å². The van der Waals surface area contributed by atoms with Gasteiger partial charge in [-0.15, -0.1) is 0 Å². The number of urea groups is 1. The van der Waals surface area contributed by atoms with Gasteiger partial charge in [-0.2, -0.15) is 0 Å². The van der Waals surface area contributed by atoms with Gasteiger partial charge < -0.3 is 20.8 Å². The molecule has 0 spiro atoms. The van der Waals surface area contributed by atoms with Gasteiger partial charge in [0.15, 0.2) is 0 Å². The Hall–Kier alpha value is -4.13. The normalized spacial score (nSPS) is 16.1. The lowest BCUT2D eigenvalue weighted by Gasteiger charge is -2.31. The molecule has 0 radical (unpaired) electrons. The molecule has 4 N–H and O–H groups in total. The van der Waals surface area contributed by atoms with Gasteiger partial charge in [-0.3, -0.25) is 4.98 Å². The van der Waals surface area contributed by atoms with Gasteiger partial charge in [-0.25, -0.2) is 9.59 Å².